The molecule has 0 spiro atoms. The van der Waals surface area contributed by atoms with Gasteiger partial charge in [-0.1, -0.05) is 19.3 Å². The average Bonchev–Trinajstić information content (AvgIpc) is 2.23. The summed E-state index contributed by atoms with van der Waals surface area (Å²) in [6.07, 6.45) is 11.5. The zero-order valence-electron chi connectivity index (χ0n) is 9.02. The highest BCUT2D eigenvalue weighted by atomic mass is 15.0. The van der Waals surface area contributed by atoms with Crippen LogP contribution in [0.15, 0.2) is 0 Å². The summed E-state index contributed by atoms with van der Waals surface area (Å²) in [6.45, 7) is 0. The Morgan fingerprint density at radius 2 is 1.43 bits per heavy atom. The topological polar surface area (TPSA) is 35.9 Å². The maximum absolute atomic E-state index is 7.57. The van der Waals surface area contributed by atoms with Gasteiger partial charge in [0.2, 0.25) is 0 Å². The molecule has 2 nitrogen and oxygen atoms in total. The van der Waals surface area contributed by atoms with E-state index in [9.17, 15) is 0 Å². The third-order valence-electron chi connectivity index (χ3n) is 3.67. The lowest BCUT2D eigenvalue weighted by molar-refractivity contribution is 0.316. The van der Waals surface area contributed by atoms with Crippen LogP contribution in [-0.4, -0.2) is 17.8 Å². The van der Waals surface area contributed by atoms with Gasteiger partial charge >= 0.3 is 0 Å². The fourth-order valence-electron chi connectivity index (χ4n) is 2.74. The van der Waals surface area contributed by atoms with Crippen LogP contribution >= 0.6 is 0 Å². The van der Waals surface area contributed by atoms with Gasteiger partial charge in [-0.15, -0.1) is 0 Å². The zero-order valence-corrected chi connectivity index (χ0v) is 9.02. The summed E-state index contributed by atoms with van der Waals surface area (Å²) in [6, 6.07) is 1.51. The van der Waals surface area contributed by atoms with Gasteiger partial charge in [-0.25, -0.2) is 0 Å². The van der Waals surface area contributed by atoms with Crippen molar-refractivity contribution in [3.63, 3.8) is 0 Å². The SMILES string of the molecule is N=C1CCC(NC2CCCCC2)CC1. The Kier molecular flexibility index (Phi) is 3.57. The Morgan fingerprint density at radius 3 is 2.07 bits per heavy atom. The molecule has 0 aliphatic heterocycles. The van der Waals surface area contributed by atoms with Gasteiger partial charge in [0.15, 0.2) is 0 Å². The highest BCUT2D eigenvalue weighted by Gasteiger charge is 2.20. The van der Waals surface area contributed by atoms with Crippen molar-refractivity contribution >= 4 is 5.71 Å². The molecule has 2 N–H and O–H groups in total. The molecule has 0 atom stereocenters. The van der Waals surface area contributed by atoms with Gasteiger partial charge < -0.3 is 10.7 Å². The van der Waals surface area contributed by atoms with Gasteiger partial charge in [0.05, 0.1) is 0 Å². The standard InChI is InChI=1S/C12H22N2/c13-10-6-8-12(9-7-10)14-11-4-2-1-3-5-11/h11-14H,1-9H2. The Labute approximate surface area is 87.0 Å². The Morgan fingerprint density at radius 1 is 0.857 bits per heavy atom. The first-order valence-corrected chi connectivity index (χ1v) is 6.17. The number of nitrogens with one attached hydrogen (secondary N) is 2. The molecule has 2 saturated carbocycles. The molecule has 2 heteroatoms. The monoisotopic (exact) mass is 194 g/mol. The van der Waals surface area contributed by atoms with Crippen molar-refractivity contribution in [3.8, 4) is 0 Å². The largest absolute Gasteiger partial charge is 0.311 e. The molecule has 0 aromatic heterocycles. The lowest BCUT2D eigenvalue weighted by Gasteiger charge is -2.30. The maximum Gasteiger partial charge on any atom is 0.00903 e. The van der Waals surface area contributed by atoms with E-state index in [1.807, 2.05) is 0 Å². The Hall–Kier alpha value is -0.370. The average molecular weight is 194 g/mol. The van der Waals surface area contributed by atoms with Gasteiger partial charge in [0, 0.05) is 17.8 Å². The van der Waals surface area contributed by atoms with Gasteiger partial charge in [0.1, 0.15) is 0 Å². The molecule has 2 aliphatic carbocycles. The minimum absolute atomic E-state index is 0.715. The van der Waals surface area contributed by atoms with E-state index >= 15 is 0 Å². The molecule has 0 saturated heterocycles. The first-order valence-electron chi connectivity index (χ1n) is 6.17. The second kappa shape index (κ2) is 4.92. The summed E-state index contributed by atoms with van der Waals surface area (Å²) in [4.78, 5) is 0. The van der Waals surface area contributed by atoms with Crippen LogP contribution in [0.4, 0.5) is 0 Å². The van der Waals surface area contributed by atoms with E-state index in [-0.39, 0.29) is 0 Å². The molecule has 0 unspecified atom stereocenters. The molecule has 80 valence electrons. The van der Waals surface area contributed by atoms with Crippen LogP contribution in [0, 0.1) is 5.41 Å². The second-order valence-corrected chi connectivity index (χ2v) is 4.88. The van der Waals surface area contributed by atoms with Crippen molar-refractivity contribution in [1.82, 2.24) is 5.32 Å². The molecule has 2 fully saturated rings. The second-order valence-electron chi connectivity index (χ2n) is 4.88. The van der Waals surface area contributed by atoms with Crippen LogP contribution in [0.3, 0.4) is 0 Å². The van der Waals surface area contributed by atoms with E-state index in [0.29, 0.717) is 6.04 Å². The summed E-state index contributed by atoms with van der Waals surface area (Å²) >= 11 is 0. The van der Waals surface area contributed by atoms with Crippen LogP contribution in [0.2, 0.25) is 0 Å². The van der Waals surface area contributed by atoms with E-state index in [4.69, 9.17) is 5.41 Å². The van der Waals surface area contributed by atoms with Gasteiger partial charge in [0.25, 0.3) is 0 Å². The maximum atomic E-state index is 7.57. The molecule has 0 heterocycles. The summed E-state index contributed by atoms with van der Waals surface area (Å²) in [5, 5.41) is 11.4. The minimum atomic E-state index is 0.715. The van der Waals surface area contributed by atoms with E-state index in [1.165, 1.54) is 44.9 Å². The summed E-state index contributed by atoms with van der Waals surface area (Å²) < 4.78 is 0. The quantitative estimate of drug-likeness (QED) is 0.696. The highest BCUT2D eigenvalue weighted by molar-refractivity contribution is 5.82. The van der Waals surface area contributed by atoms with E-state index < -0.39 is 0 Å². The molecule has 0 amide bonds. The van der Waals surface area contributed by atoms with Crippen molar-refractivity contribution < 1.29 is 0 Å². The predicted octanol–water partition coefficient (Wildman–Crippen LogP) is 2.87. The molecule has 2 rings (SSSR count). The van der Waals surface area contributed by atoms with E-state index in [2.05, 4.69) is 5.32 Å². The molecule has 0 bridgehead atoms. The fourth-order valence-corrected chi connectivity index (χ4v) is 2.74. The molecular formula is C12H22N2. The van der Waals surface area contributed by atoms with Gasteiger partial charge in [-0.2, -0.15) is 0 Å². The molecule has 0 aromatic carbocycles. The zero-order chi connectivity index (χ0) is 9.80. The summed E-state index contributed by atoms with van der Waals surface area (Å²) in [5.41, 5.74) is 0.965. The molecule has 2 aliphatic rings. The van der Waals surface area contributed by atoms with Crippen LogP contribution in [0.1, 0.15) is 57.8 Å². The first-order chi connectivity index (χ1) is 6.84. The third kappa shape index (κ3) is 2.81. The lowest BCUT2D eigenvalue weighted by Crippen LogP contribution is -2.41. The normalized spacial score (nSPS) is 30.6. The van der Waals surface area contributed by atoms with Crippen LogP contribution in [0.5, 0.6) is 0 Å². The molecule has 14 heavy (non-hydrogen) atoms. The number of hydrogen-bond donors (Lipinski definition) is 2. The highest BCUT2D eigenvalue weighted by Crippen LogP contribution is 2.21. The van der Waals surface area contributed by atoms with Crippen LogP contribution < -0.4 is 5.32 Å². The number of hydrogen-bond acceptors (Lipinski definition) is 2. The minimum Gasteiger partial charge on any atom is -0.311 e. The smallest absolute Gasteiger partial charge is 0.00903 e. The van der Waals surface area contributed by atoms with Crippen LogP contribution in [-0.2, 0) is 0 Å². The van der Waals surface area contributed by atoms with Gasteiger partial charge in [-0.05, 0) is 38.5 Å². The van der Waals surface area contributed by atoms with Crippen molar-refractivity contribution in [1.29, 1.82) is 5.41 Å². The van der Waals surface area contributed by atoms with Crippen LogP contribution in [0.25, 0.3) is 0 Å². The van der Waals surface area contributed by atoms with E-state index in [1.54, 1.807) is 0 Å². The summed E-state index contributed by atoms with van der Waals surface area (Å²) in [7, 11) is 0. The van der Waals surface area contributed by atoms with Gasteiger partial charge in [-0.3, -0.25) is 0 Å². The third-order valence-corrected chi connectivity index (χ3v) is 3.67. The van der Waals surface area contributed by atoms with Crippen molar-refractivity contribution in [2.75, 3.05) is 0 Å². The van der Waals surface area contributed by atoms with Crippen molar-refractivity contribution in [2.45, 2.75) is 69.9 Å². The van der Waals surface area contributed by atoms with Crippen molar-refractivity contribution in [3.05, 3.63) is 0 Å². The Bertz CT molecular complexity index is 184. The molecular weight excluding hydrogens is 172 g/mol. The summed E-state index contributed by atoms with van der Waals surface area (Å²) in [5.74, 6) is 0. The fraction of sp³-hybridized carbons (Fsp3) is 0.917. The predicted molar refractivity (Wildman–Crippen MR) is 60.0 cm³/mol. The number of rotatable bonds is 2. The lowest BCUT2D eigenvalue weighted by atomic mass is 9.90. The molecule has 0 radical (unpaired) electrons. The Balaban J connectivity index is 1.71. The molecule has 0 aromatic rings. The van der Waals surface area contributed by atoms with E-state index in [0.717, 1.165) is 24.6 Å². The first kappa shape index (κ1) is 10.2. The van der Waals surface area contributed by atoms with Crippen molar-refractivity contribution in [2.24, 2.45) is 0 Å².